The number of likely N-dealkylation sites (N-methyl/N-ethyl adjacent to an activating group) is 1. The quantitative estimate of drug-likeness (QED) is 0.746. The van der Waals surface area contributed by atoms with E-state index in [0.717, 1.165) is 0 Å². The van der Waals surface area contributed by atoms with Gasteiger partial charge in [0, 0.05) is 39.4 Å². The summed E-state index contributed by atoms with van der Waals surface area (Å²) in [6.07, 6.45) is 0. The van der Waals surface area contributed by atoms with E-state index in [9.17, 15) is 14.4 Å². The van der Waals surface area contributed by atoms with Gasteiger partial charge in [0.1, 0.15) is 11.6 Å². The first-order valence-corrected chi connectivity index (χ1v) is 6.84. The minimum absolute atomic E-state index is 0.0686. The van der Waals surface area contributed by atoms with E-state index in [-0.39, 0.29) is 11.5 Å². The molecule has 2 amide bonds. The topological polar surface area (TPSA) is 85.5 Å². The molecule has 0 radical (unpaired) electrons. The first kappa shape index (κ1) is 15.2. The van der Waals surface area contributed by atoms with Gasteiger partial charge in [-0.05, 0) is 19.1 Å². The molecule has 0 aliphatic carbocycles. The first-order chi connectivity index (χ1) is 9.91. The summed E-state index contributed by atoms with van der Waals surface area (Å²) < 4.78 is 0. The Morgan fingerprint density at radius 3 is 2.67 bits per heavy atom. The van der Waals surface area contributed by atoms with Gasteiger partial charge in [0.15, 0.2) is 0 Å². The lowest BCUT2D eigenvalue weighted by atomic mass is 10.1. The van der Waals surface area contributed by atoms with Crippen LogP contribution in [0.1, 0.15) is 16.1 Å². The SMILES string of the molecule is Cc1ccc(C(=O)N2CCNCC2C(=O)N(C)C)c(=O)[nH]1. The molecule has 1 aliphatic rings. The number of nitrogens with one attached hydrogen (secondary N) is 2. The fraction of sp³-hybridized carbons (Fsp3) is 0.500. The number of aryl methyl sites for hydroxylation is 1. The zero-order valence-corrected chi connectivity index (χ0v) is 12.5. The number of piperazine rings is 1. The second kappa shape index (κ2) is 6.09. The molecule has 0 spiro atoms. The van der Waals surface area contributed by atoms with Crippen molar-refractivity contribution in [2.45, 2.75) is 13.0 Å². The number of carbonyl (C=O) groups excluding carboxylic acids is 2. The molecule has 1 fully saturated rings. The molecule has 1 saturated heterocycles. The molecule has 2 N–H and O–H groups in total. The van der Waals surface area contributed by atoms with Gasteiger partial charge in [-0.25, -0.2) is 0 Å². The van der Waals surface area contributed by atoms with Crippen molar-refractivity contribution >= 4 is 11.8 Å². The van der Waals surface area contributed by atoms with Gasteiger partial charge in [0.2, 0.25) is 5.91 Å². The van der Waals surface area contributed by atoms with Crippen LogP contribution in [0.3, 0.4) is 0 Å². The molecule has 114 valence electrons. The van der Waals surface area contributed by atoms with Crippen molar-refractivity contribution in [2.75, 3.05) is 33.7 Å². The summed E-state index contributed by atoms with van der Waals surface area (Å²) in [5.41, 5.74) is 0.339. The van der Waals surface area contributed by atoms with Crippen molar-refractivity contribution in [3.8, 4) is 0 Å². The molecule has 2 heterocycles. The Hall–Kier alpha value is -2.15. The van der Waals surface area contributed by atoms with Gasteiger partial charge < -0.3 is 20.1 Å². The summed E-state index contributed by atoms with van der Waals surface area (Å²) in [4.78, 5) is 42.2. The van der Waals surface area contributed by atoms with Crippen molar-refractivity contribution in [3.63, 3.8) is 0 Å². The largest absolute Gasteiger partial charge is 0.347 e. The maximum atomic E-state index is 12.6. The highest BCUT2D eigenvalue weighted by molar-refractivity contribution is 5.97. The Labute approximate surface area is 122 Å². The molecule has 0 aromatic carbocycles. The van der Waals surface area contributed by atoms with Gasteiger partial charge in [0.25, 0.3) is 11.5 Å². The maximum Gasteiger partial charge on any atom is 0.260 e. The van der Waals surface area contributed by atoms with E-state index >= 15 is 0 Å². The molecule has 0 bridgehead atoms. The Kier molecular flexibility index (Phi) is 4.42. The molecule has 1 aromatic heterocycles. The number of nitrogens with zero attached hydrogens (tertiary/aromatic N) is 2. The normalized spacial score (nSPS) is 18.4. The van der Waals surface area contributed by atoms with Gasteiger partial charge in [-0.15, -0.1) is 0 Å². The maximum absolute atomic E-state index is 12.6. The summed E-state index contributed by atoms with van der Waals surface area (Å²) in [6, 6.07) is 2.61. The molecule has 1 unspecified atom stereocenters. The smallest absolute Gasteiger partial charge is 0.260 e. The third-order valence-corrected chi connectivity index (χ3v) is 3.52. The van der Waals surface area contributed by atoms with E-state index < -0.39 is 17.5 Å². The van der Waals surface area contributed by atoms with Crippen LogP contribution in [0.15, 0.2) is 16.9 Å². The van der Waals surface area contributed by atoms with Crippen molar-refractivity contribution in [1.82, 2.24) is 20.1 Å². The van der Waals surface area contributed by atoms with Crippen molar-refractivity contribution in [3.05, 3.63) is 33.7 Å². The molecule has 7 heteroatoms. The number of hydrogen-bond donors (Lipinski definition) is 2. The lowest BCUT2D eigenvalue weighted by Crippen LogP contribution is -2.59. The third kappa shape index (κ3) is 3.13. The number of amides is 2. The van der Waals surface area contributed by atoms with Crippen LogP contribution < -0.4 is 10.9 Å². The van der Waals surface area contributed by atoms with Gasteiger partial charge in [-0.2, -0.15) is 0 Å². The van der Waals surface area contributed by atoms with Crippen LogP contribution in [0.25, 0.3) is 0 Å². The Bertz CT molecular complexity index is 608. The number of hydrogen-bond acceptors (Lipinski definition) is 4. The van der Waals surface area contributed by atoms with Crippen LogP contribution in [0.4, 0.5) is 0 Å². The van der Waals surface area contributed by atoms with E-state index in [1.165, 1.54) is 15.9 Å². The Morgan fingerprint density at radius 1 is 1.33 bits per heavy atom. The van der Waals surface area contributed by atoms with Gasteiger partial charge >= 0.3 is 0 Å². The molecule has 0 saturated carbocycles. The number of pyridine rings is 1. The van der Waals surface area contributed by atoms with Gasteiger partial charge in [0.05, 0.1) is 0 Å². The van der Waals surface area contributed by atoms with Crippen LogP contribution >= 0.6 is 0 Å². The summed E-state index contributed by atoms with van der Waals surface area (Å²) in [5.74, 6) is -0.558. The van der Waals surface area contributed by atoms with Crippen molar-refractivity contribution in [2.24, 2.45) is 0 Å². The minimum atomic E-state index is -0.582. The highest BCUT2D eigenvalue weighted by atomic mass is 16.2. The summed E-state index contributed by atoms with van der Waals surface area (Å²) in [6.45, 7) is 3.15. The molecular formula is C14H20N4O3. The van der Waals surface area contributed by atoms with Crippen LogP contribution in [0, 0.1) is 6.92 Å². The Morgan fingerprint density at radius 2 is 2.05 bits per heavy atom. The number of carbonyl (C=O) groups is 2. The van der Waals surface area contributed by atoms with Crippen LogP contribution in [0.2, 0.25) is 0 Å². The van der Waals surface area contributed by atoms with Crippen molar-refractivity contribution in [1.29, 1.82) is 0 Å². The monoisotopic (exact) mass is 292 g/mol. The van der Waals surface area contributed by atoms with Crippen LogP contribution in [-0.2, 0) is 4.79 Å². The highest BCUT2D eigenvalue weighted by Gasteiger charge is 2.34. The van der Waals surface area contributed by atoms with Crippen molar-refractivity contribution < 1.29 is 9.59 Å². The zero-order valence-electron chi connectivity index (χ0n) is 12.5. The van der Waals surface area contributed by atoms with E-state index in [0.29, 0.717) is 25.3 Å². The minimum Gasteiger partial charge on any atom is -0.347 e. The fourth-order valence-corrected chi connectivity index (χ4v) is 2.36. The second-order valence-electron chi connectivity index (χ2n) is 5.34. The van der Waals surface area contributed by atoms with Gasteiger partial charge in [-0.3, -0.25) is 14.4 Å². The third-order valence-electron chi connectivity index (χ3n) is 3.52. The van der Waals surface area contributed by atoms with E-state index in [2.05, 4.69) is 10.3 Å². The molecule has 1 aliphatic heterocycles. The highest BCUT2D eigenvalue weighted by Crippen LogP contribution is 2.10. The summed E-state index contributed by atoms with van der Waals surface area (Å²) in [7, 11) is 3.30. The predicted molar refractivity (Wildman–Crippen MR) is 78.2 cm³/mol. The van der Waals surface area contributed by atoms with E-state index in [4.69, 9.17) is 0 Å². The molecule has 21 heavy (non-hydrogen) atoms. The van der Waals surface area contributed by atoms with Gasteiger partial charge in [-0.1, -0.05) is 0 Å². The predicted octanol–water partition coefficient (Wildman–Crippen LogP) is -0.814. The lowest BCUT2D eigenvalue weighted by molar-refractivity contribution is -0.134. The number of aromatic amines is 1. The number of rotatable bonds is 2. The Balaban J connectivity index is 2.30. The van der Waals surface area contributed by atoms with E-state index in [1.807, 2.05) is 0 Å². The molecule has 1 atom stereocenters. The second-order valence-corrected chi connectivity index (χ2v) is 5.34. The van der Waals surface area contributed by atoms with Crippen LogP contribution in [0.5, 0.6) is 0 Å². The molecular weight excluding hydrogens is 272 g/mol. The van der Waals surface area contributed by atoms with Crippen LogP contribution in [-0.4, -0.2) is 66.4 Å². The molecule has 7 nitrogen and oxygen atoms in total. The van der Waals surface area contributed by atoms with E-state index in [1.54, 1.807) is 27.1 Å². The molecule has 2 rings (SSSR count). The first-order valence-electron chi connectivity index (χ1n) is 6.84. The summed E-state index contributed by atoms with van der Waals surface area (Å²) in [5, 5.41) is 3.10. The number of H-pyrrole nitrogens is 1. The standard InChI is InChI=1S/C14H20N4O3/c1-9-4-5-10(12(19)16-9)13(20)18-7-6-15-8-11(18)14(21)17(2)3/h4-5,11,15H,6-8H2,1-3H3,(H,16,19). The lowest BCUT2D eigenvalue weighted by Gasteiger charge is -2.36. The number of aromatic nitrogens is 1. The average Bonchev–Trinajstić information content (AvgIpc) is 2.45. The fourth-order valence-electron chi connectivity index (χ4n) is 2.36. The zero-order chi connectivity index (χ0) is 15.6. The molecule has 1 aromatic rings. The summed E-state index contributed by atoms with van der Waals surface area (Å²) >= 11 is 0. The average molecular weight is 292 g/mol.